The van der Waals surface area contributed by atoms with Crippen LogP contribution in [0.25, 0.3) is 0 Å². The highest BCUT2D eigenvalue weighted by Gasteiger charge is 2.72. The second-order valence-electron chi connectivity index (χ2n) is 15.1. The zero-order valence-corrected chi connectivity index (χ0v) is 28.1. The van der Waals surface area contributed by atoms with Gasteiger partial charge in [0, 0.05) is 13.1 Å². The average molecular weight is 677 g/mol. The van der Waals surface area contributed by atoms with Crippen LogP contribution in [0.5, 0.6) is 0 Å². The Kier molecular flexibility index (Phi) is 9.36. The molecule has 4 aliphatic heterocycles. The number of aldehydes is 2. The van der Waals surface area contributed by atoms with E-state index in [9.17, 15) is 24.0 Å². The lowest BCUT2D eigenvalue weighted by atomic mass is 9.80. The molecule has 6 atom stereocenters. The van der Waals surface area contributed by atoms with Crippen LogP contribution < -0.4 is 5.73 Å². The summed E-state index contributed by atoms with van der Waals surface area (Å²) in [6.45, 7) is -0.0609. The zero-order valence-electron chi connectivity index (χ0n) is 28.1. The molecule has 6 unspecified atom stereocenters. The number of hydrogen-bond acceptors (Lipinski definition) is 10. The number of ketones is 2. The molecule has 1 aromatic carbocycles. The third-order valence-corrected chi connectivity index (χ3v) is 12.5. The summed E-state index contributed by atoms with van der Waals surface area (Å²) in [6, 6.07) is 8.36. The standard InChI is InChI=1S/C37H48N4O8/c38-34(47)37-30(45)22-49-31(37)15-17-40(37)36(24-43,20-27-12-6-7-13-27)41(32(46)18-25-8-2-1-3-9-25)35(23-42,19-26-10-4-5-11-26)39-16-14-29-33(39)28(44)21-48-29/h1-3,8-9,23-24,26-27,29,31,33H,4-7,10-22H2,(H2,38,47). The fourth-order valence-corrected chi connectivity index (χ4v) is 10.5. The maximum Gasteiger partial charge on any atom is 0.248 e. The Hall–Kier alpha value is -3.32. The van der Waals surface area contributed by atoms with Crippen molar-refractivity contribution in [1.82, 2.24) is 14.7 Å². The van der Waals surface area contributed by atoms with E-state index in [1.54, 1.807) is 4.90 Å². The van der Waals surface area contributed by atoms with Crippen molar-refractivity contribution in [2.45, 2.75) is 119 Å². The Balaban J connectivity index is 1.48. The quantitative estimate of drug-likeness (QED) is 0.242. The fourth-order valence-electron chi connectivity index (χ4n) is 10.5. The Morgan fingerprint density at radius 2 is 1.49 bits per heavy atom. The van der Waals surface area contributed by atoms with Gasteiger partial charge in [-0.3, -0.25) is 43.5 Å². The molecule has 2 amide bonds. The average Bonchev–Trinajstić information content (AvgIpc) is 3.94. The van der Waals surface area contributed by atoms with Crippen molar-refractivity contribution in [3.8, 4) is 0 Å². The number of primary amides is 1. The number of rotatable bonds is 13. The van der Waals surface area contributed by atoms with Crippen LogP contribution in [-0.2, 0) is 44.7 Å². The largest absolute Gasteiger partial charge is 0.368 e. The lowest BCUT2D eigenvalue weighted by Gasteiger charge is -2.59. The van der Waals surface area contributed by atoms with Gasteiger partial charge in [0.2, 0.25) is 11.8 Å². The summed E-state index contributed by atoms with van der Waals surface area (Å²) in [5, 5.41) is 0. The molecule has 0 spiro atoms. The topological polar surface area (TPSA) is 157 Å². The number of amides is 2. The molecular formula is C37H48N4O8. The molecular weight excluding hydrogens is 628 g/mol. The van der Waals surface area contributed by atoms with Crippen molar-refractivity contribution in [1.29, 1.82) is 0 Å². The predicted molar refractivity (Wildman–Crippen MR) is 176 cm³/mol. The van der Waals surface area contributed by atoms with Crippen LogP contribution in [0.3, 0.4) is 0 Å². The number of nitrogens with zero attached hydrogens (tertiary/aromatic N) is 3. The molecule has 1 aromatic rings. The van der Waals surface area contributed by atoms with E-state index < -0.39 is 52.7 Å². The van der Waals surface area contributed by atoms with Crippen LogP contribution in [0.15, 0.2) is 30.3 Å². The van der Waals surface area contributed by atoms with Crippen molar-refractivity contribution in [3.05, 3.63) is 35.9 Å². The van der Waals surface area contributed by atoms with E-state index >= 15 is 4.79 Å². The third kappa shape index (κ3) is 5.41. The highest BCUT2D eigenvalue weighted by molar-refractivity contribution is 6.13. The molecule has 7 rings (SSSR count). The molecule has 2 N–H and O–H groups in total. The lowest BCUT2D eigenvalue weighted by Crippen LogP contribution is -2.80. The molecule has 2 saturated carbocycles. The number of Topliss-reactive ketones (excluding diaryl/α,β-unsaturated/α-hetero) is 2. The monoisotopic (exact) mass is 676 g/mol. The molecule has 264 valence electrons. The van der Waals surface area contributed by atoms with Gasteiger partial charge < -0.3 is 15.2 Å². The third-order valence-electron chi connectivity index (χ3n) is 12.5. The Bertz CT molecular complexity index is 1480. The second-order valence-corrected chi connectivity index (χ2v) is 15.1. The summed E-state index contributed by atoms with van der Waals surface area (Å²) in [7, 11) is 0. The van der Waals surface area contributed by atoms with Crippen LogP contribution in [0.1, 0.15) is 82.6 Å². The highest BCUT2D eigenvalue weighted by Crippen LogP contribution is 2.51. The van der Waals surface area contributed by atoms with E-state index in [0.29, 0.717) is 24.8 Å². The van der Waals surface area contributed by atoms with E-state index in [1.165, 1.54) is 4.90 Å². The number of fused-ring (bicyclic) bond motifs is 2. The SMILES string of the molecule is NC(=O)C12C(=O)COC1CCN2C(C=O)(CC1CCCC1)N(C(=O)Cc1ccccc1)C(C=O)(CC1CCCC1)N1CCC2OCC(=O)C21. The molecule has 6 aliphatic rings. The van der Waals surface area contributed by atoms with E-state index in [1.807, 2.05) is 35.2 Å². The highest BCUT2D eigenvalue weighted by atomic mass is 16.5. The molecule has 4 heterocycles. The van der Waals surface area contributed by atoms with Crippen LogP contribution in [0.4, 0.5) is 0 Å². The molecule has 0 bridgehead atoms. The van der Waals surface area contributed by atoms with E-state index in [2.05, 4.69) is 0 Å². The zero-order chi connectivity index (χ0) is 34.4. The summed E-state index contributed by atoms with van der Waals surface area (Å²) in [4.78, 5) is 90.1. The van der Waals surface area contributed by atoms with Gasteiger partial charge in [-0.05, 0) is 43.1 Å². The van der Waals surface area contributed by atoms with Gasteiger partial charge in [-0.25, -0.2) is 0 Å². The molecule has 12 nitrogen and oxygen atoms in total. The summed E-state index contributed by atoms with van der Waals surface area (Å²) in [6.07, 6.45) is 8.09. The maximum atomic E-state index is 15.4. The van der Waals surface area contributed by atoms with Gasteiger partial charge >= 0.3 is 0 Å². The first kappa shape index (κ1) is 34.1. The minimum absolute atomic E-state index is 0.0303. The fraction of sp³-hybridized carbons (Fsp3) is 0.676. The number of hydrogen-bond donors (Lipinski definition) is 1. The summed E-state index contributed by atoms with van der Waals surface area (Å²) in [5.41, 5.74) is 1.15. The van der Waals surface area contributed by atoms with E-state index in [-0.39, 0.29) is 63.1 Å². The van der Waals surface area contributed by atoms with Crippen molar-refractivity contribution in [2.24, 2.45) is 17.6 Å². The van der Waals surface area contributed by atoms with Crippen LogP contribution in [0.2, 0.25) is 0 Å². The number of nitrogens with two attached hydrogens (primary N) is 1. The Labute approximate surface area is 287 Å². The summed E-state index contributed by atoms with van der Waals surface area (Å²) >= 11 is 0. The summed E-state index contributed by atoms with van der Waals surface area (Å²) in [5.74, 6) is -2.14. The first-order valence-electron chi connectivity index (χ1n) is 18.1. The molecule has 6 fully saturated rings. The molecule has 49 heavy (non-hydrogen) atoms. The summed E-state index contributed by atoms with van der Waals surface area (Å²) < 4.78 is 11.8. The molecule has 12 heteroatoms. The van der Waals surface area contributed by atoms with Gasteiger partial charge in [0.05, 0.1) is 24.7 Å². The van der Waals surface area contributed by atoms with Crippen molar-refractivity contribution in [3.63, 3.8) is 0 Å². The predicted octanol–water partition coefficient (Wildman–Crippen LogP) is 1.95. The van der Waals surface area contributed by atoms with Crippen molar-refractivity contribution >= 4 is 36.0 Å². The van der Waals surface area contributed by atoms with Gasteiger partial charge in [-0.1, -0.05) is 81.7 Å². The second kappa shape index (κ2) is 13.4. The Morgan fingerprint density at radius 3 is 2.10 bits per heavy atom. The van der Waals surface area contributed by atoms with Crippen molar-refractivity contribution < 1.29 is 38.2 Å². The number of carbonyl (C=O) groups is 6. The molecule has 0 aromatic heterocycles. The molecule has 4 saturated heterocycles. The number of benzene rings is 1. The van der Waals surface area contributed by atoms with Crippen molar-refractivity contribution in [2.75, 3.05) is 26.3 Å². The van der Waals surface area contributed by atoms with E-state index in [0.717, 1.165) is 57.7 Å². The maximum absolute atomic E-state index is 15.4. The van der Waals surface area contributed by atoms with Gasteiger partial charge in [0.25, 0.3) is 0 Å². The van der Waals surface area contributed by atoms with Crippen LogP contribution >= 0.6 is 0 Å². The van der Waals surface area contributed by atoms with Gasteiger partial charge in [-0.2, -0.15) is 0 Å². The van der Waals surface area contributed by atoms with Crippen LogP contribution in [-0.4, -0.2) is 112 Å². The van der Waals surface area contributed by atoms with Gasteiger partial charge in [-0.15, -0.1) is 0 Å². The number of ether oxygens (including phenoxy) is 2. The Morgan fingerprint density at radius 1 is 0.857 bits per heavy atom. The van der Waals surface area contributed by atoms with Crippen LogP contribution in [0, 0.1) is 11.8 Å². The van der Waals surface area contributed by atoms with Gasteiger partial charge in [0.15, 0.2) is 41.0 Å². The minimum atomic E-state index is -1.99. The lowest BCUT2D eigenvalue weighted by molar-refractivity contribution is -0.202. The smallest absolute Gasteiger partial charge is 0.248 e. The normalized spacial score (nSPS) is 31.8. The first-order valence-corrected chi connectivity index (χ1v) is 18.1. The van der Waals surface area contributed by atoms with E-state index in [4.69, 9.17) is 15.2 Å². The first-order chi connectivity index (χ1) is 23.7. The molecule has 2 aliphatic carbocycles. The minimum Gasteiger partial charge on any atom is -0.368 e. The number of likely N-dealkylation sites (tertiary alicyclic amines) is 2. The van der Waals surface area contributed by atoms with Gasteiger partial charge in [0.1, 0.15) is 13.2 Å². The molecule has 0 radical (unpaired) electrons. The number of carbonyl (C=O) groups excluding carboxylic acids is 6.